The summed E-state index contributed by atoms with van der Waals surface area (Å²) >= 11 is 2.93. The fourth-order valence-electron chi connectivity index (χ4n) is 1.32. The minimum Gasteiger partial charge on any atom is -0.409 e. The molecule has 2 rings (SSSR count). The van der Waals surface area contributed by atoms with Gasteiger partial charge >= 0.3 is 0 Å². The highest BCUT2D eigenvalue weighted by Crippen LogP contribution is 2.34. The van der Waals surface area contributed by atoms with Gasteiger partial charge in [0.25, 0.3) is 0 Å². The van der Waals surface area contributed by atoms with Gasteiger partial charge in [0, 0.05) is 4.90 Å². The third-order valence-corrected chi connectivity index (χ3v) is 4.14. The van der Waals surface area contributed by atoms with E-state index in [1.54, 1.807) is 23.5 Å². The van der Waals surface area contributed by atoms with E-state index in [0.717, 1.165) is 4.21 Å². The summed E-state index contributed by atoms with van der Waals surface area (Å²) in [5.41, 5.74) is 5.61. The van der Waals surface area contributed by atoms with Gasteiger partial charge < -0.3 is 10.9 Å². The molecule has 6 heteroatoms. The van der Waals surface area contributed by atoms with Crippen LogP contribution >= 0.6 is 23.1 Å². The molecule has 0 amide bonds. The van der Waals surface area contributed by atoms with Crippen LogP contribution in [0.3, 0.4) is 0 Å². The number of rotatable bonds is 3. The average Bonchev–Trinajstić information content (AvgIpc) is 2.81. The van der Waals surface area contributed by atoms with Crippen LogP contribution in [-0.4, -0.2) is 11.0 Å². The Hall–Kier alpha value is -1.53. The lowest BCUT2D eigenvalue weighted by atomic mass is 10.2. The van der Waals surface area contributed by atoms with Crippen molar-refractivity contribution >= 4 is 28.9 Å². The van der Waals surface area contributed by atoms with Crippen molar-refractivity contribution in [3.63, 3.8) is 0 Å². The number of thiophene rings is 1. The average molecular weight is 268 g/mol. The summed E-state index contributed by atoms with van der Waals surface area (Å²) in [6, 6.07) is 8.46. The predicted octanol–water partition coefficient (Wildman–Crippen LogP) is 3.13. The quantitative estimate of drug-likeness (QED) is 0.389. The molecule has 1 aromatic heterocycles. The van der Waals surface area contributed by atoms with Gasteiger partial charge in [0.05, 0.1) is 9.77 Å². The van der Waals surface area contributed by atoms with Crippen molar-refractivity contribution in [2.24, 2.45) is 10.9 Å². The zero-order valence-corrected chi connectivity index (χ0v) is 10.3. The van der Waals surface area contributed by atoms with Crippen LogP contribution in [0.25, 0.3) is 0 Å². The van der Waals surface area contributed by atoms with Crippen molar-refractivity contribution in [3.8, 4) is 0 Å². The van der Waals surface area contributed by atoms with Gasteiger partial charge in [0.1, 0.15) is 5.82 Å². The number of hydrogen-bond acceptors (Lipinski definition) is 4. The van der Waals surface area contributed by atoms with Crippen molar-refractivity contribution in [2.45, 2.75) is 9.10 Å². The largest absolute Gasteiger partial charge is 0.409 e. The number of hydrogen-bond donors (Lipinski definition) is 2. The first kappa shape index (κ1) is 11.9. The lowest BCUT2D eigenvalue weighted by molar-refractivity contribution is 0.318. The van der Waals surface area contributed by atoms with E-state index in [4.69, 9.17) is 10.9 Å². The molecule has 0 saturated heterocycles. The van der Waals surface area contributed by atoms with E-state index in [0.29, 0.717) is 4.90 Å². The van der Waals surface area contributed by atoms with Gasteiger partial charge in [-0.25, -0.2) is 4.39 Å². The van der Waals surface area contributed by atoms with Crippen LogP contribution in [0.15, 0.2) is 50.0 Å². The fourth-order valence-corrected chi connectivity index (χ4v) is 3.21. The molecule has 3 N–H and O–H groups in total. The van der Waals surface area contributed by atoms with Gasteiger partial charge in [0.15, 0.2) is 5.84 Å². The van der Waals surface area contributed by atoms with Gasteiger partial charge in [-0.1, -0.05) is 29.1 Å². The van der Waals surface area contributed by atoms with E-state index in [1.807, 2.05) is 17.5 Å². The second kappa shape index (κ2) is 5.20. The molecule has 2 aromatic rings. The van der Waals surface area contributed by atoms with Crippen molar-refractivity contribution < 1.29 is 9.60 Å². The molecular weight excluding hydrogens is 259 g/mol. The minimum absolute atomic E-state index is 0.133. The molecule has 0 unspecified atom stereocenters. The van der Waals surface area contributed by atoms with E-state index < -0.39 is 5.82 Å². The molecular formula is C11H9FN2OS2. The summed E-state index contributed by atoms with van der Waals surface area (Å²) in [6.45, 7) is 0. The summed E-state index contributed by atoms with van der Waals surface area (Å²) in [4.78, 5) is 0.628. The van der Waals surface area contributed by atoms with Crippen LogP contribution in [0, 0.1) is 5.82 Å². The fraction of sp³-hybridized carbons (Fsp3) is 0. The molecule has 3 nitrogen and oxygen atoms in total. The monoisotopic (exact) mass is 268 g/mol. The topological polar surface area (TPSA) is 58.6 Å². The lowest BCUT2D eigenvalue weighted by Crippen LogP contribution is -2.16. The van der Waals surface area contributed by atoms with Crippen LogP contribution in [0.1, 0.15) is 5.56 Å². The standard InChI is InChI=1S/C11H9FN2OS2/c12-7-3-1-4-8(10(7)11(13)14-15)17-9-5-2-6-16-9/h1-6,15H,(H2,13,14). The lowest BCUT2D eigenvalue weighted by Gasteiger charge is -2.07. The van der Waals surface area contributed by atoms with Crippen molar-refractivity contribution in [3.05, 3.63) is 47.1 Å². The first-order valence-corrected chi connectivity index (χ1v) is 6.39. The maximum absolute atomic E-state index is 13.6. The normalized spacial score (nSPS) is 11.7. The highest BCUT2D eigenvalue weighted by molar-refractivity contribution is 8.01. The van der Waals surface area contributed by atoms with Gasteiger partial charge in [-0.3, -0.25) is 0 Å². The number of benzene rings is 1. The zero-order valence-electron chi connectivity index (χ0n) is 8.63. The third-order valence-electron chi connectivity index (χ3n) is 2.04. The third kappa shape index (κ3) is 2.59. The molecule has 0 radical (unpaired) electrons. The summed E-state index contributed by atoms with van der Waals surface area (Å²) in [7, 11) is 0. The molecule has 0 saturated carbocycles. The van der Waals surface area contributed by atoms with E-state index in [9.17, 15) is 4.39 Å². The molecule has 17 heavy (non-hydrogen) atoms. The van der Waals surface area contributed by atoms with Gasteiger partial charge in [-0.15, -0.1) is 11.3 Å². The Morgan fingerprint density at radius 1 is 1.35 bits per heavy atom. The van der Waals surface area contributed by atoms with Crippen molar-refractivity contribution in [1.82, 2.24) is 0 Å². The molecule has 0 spiro atoms. The molecule has 0 fully saturated rings. The molecule has 1 heterocycles. The maximum atomic E-state index is 13.6. The number of halogens is 1. The minimum atomic E-state index is -0.498. The van der Waals surface area contributed by atoms with Crippen molar-refractivity contribution in [1.29, 1.82) is 0 Å². The van der Waals surface area contributed by atoms with Gasteiger partial charge in [-0.2, -0.15) is 0 Å². The molecule has 1 aromatic carbocycles. The maximum Gasteiger partial charge on any atom is 0.174 e. The summed E-state index contributed by atoms with van der Waals surface area (Å²) in [5, 5.41) is 13.4. The van der Waals surface area contributed by atoms with E-state index >= 15 is 0 Å². The Morgan fingerprint density at radius 2 is 2.18 bits per heavy atom. The number of nitrogens with zero attached hydrogens (tertiary/aromatic N) is 1. The van der Waals surface area contributed by atoms with Crippen LogP contribution in [0.5, 0.6) is 0 Å². The smallest absolute Gasteiger partial charge is 0.174 e. The van der Waals surface area contributed by atoms with Crippen molar-refractivity contribution in [2.75, 3.05) is 0 Å². The van der Waals surface area contributed by atoms with Gasteiger partial charge in [-0.05, 0) is 23.6 Å². The Labute approximate surface area is 106 Å². The first-order chi connectivity index (χ1) is 8.22. The first-order valence-electron chi connectivity index (χ1n) is 4.70. The number of nitrogens with two attached hydrogens (primary N) is 1. The van der Waals surface area contributed by atoms with E-state index in [-0.39, 0.29) is 11.4 Å². The second-order valence-corrected chi connectivity index (χ2v) is 5.42. The Kier molecular flexibility index (Phi) is 3.65. The van der Waals surface area contributed by atoms with E-state index in [1.165, 1.54) is 17.8 Å². The van der Waals surface area contributed by atoms with Crippen LogP contribution in [-0.2, 0) is 0 Å². The van der Waals surface area contributed by atoms with Crippen LogP contribution in [0.2, 0.25) is 0 Å². The molecule has 88 valence electrons. The summed E-state index contributed by atoms with van der Waals surface area (Å²) in [5.74, 6) is -0.719. The van der Waals surface area contributed by atoms with Crippen LogP contribution < -0.4 is 5.73 Å². The number of oxime groups is 1. The highest BCUT2D eigenvalue weighted by Gasteiger charge is 2.14. The Morgan fingerprint density at radius 3 is 2.82 bits per heavy atom. The Bertz CT molecular complexity index is 540. The predicted molar refractivity (Wildman–Crippen MR) is 67.4 cm³/mol. The molecule has 0 bridgehead atoms. The highest BCUT2D eigenvalue weighted by atomic mass is 32.2. The Balaban J connectivity index is 2.43. The second-order valence-electron chi connectivity index (χ2n) is 3.13. The van der Waals surface area contributed by atoms with Crippen LogP contribution in [0.4, 0.5) is 4.39 Å². The van der Waals surface area contributed by atoms with E-state index in [2.05, 4.69) is 5.16 Å². The molecule has 0 atom stereocenters. The molecule has 0 aliphatic carbocycles. The summed E-state index contributed by atoms with van der Waals surface area (Å²) in [6.07, 6.45) is 0. The SMILES string of the molecule is NC(=NO)c1c(F)cccc1Sc1cccs1. The molecule has 0 aliphatic rings. The van der Waals surface area contributed by atoms with Gasteiger partial charge in [0.2, 0.25) is 0 Å². The summed E-state index contributed by atoms with van der Waals surface area (Å²) < 4.78 is 14.7. The zero-order chi connectivity index (χ0) is 12.3. The number of amidine groups is 1. The molecule has 0 aliphatic heterocycles.